The van der Waals surface area contributed by atoms with E-state index < -0.39 is 6.10 Å². The molecule has 0 spiro atoms. The number of hydrogen-bond acceptors (Lipinski definition) is 4. The molecule has 0 fully saturated rings. The predicted octanol–water partition coefficient (Wildman–Crippen LogP) is 2.01. The Kier molecular flexibility index (Phi) is 4.22. The van der Waals surface area contributed by atoms with Crippen molar-refractivity contribution in [3.8, 4) is 5.69 Å². The molecule has 5 nitrogen and oxygen atoms in total. The summed E-state index contributed by atoms with van der Waals surface area (Å²) in [5.41, 5.74) is 2.74. The number of thiophene rings is 1. The fourth-order valence-electron chi connectivity index (χ4n) is 2.29. The maximum Gasteiger partial charge on any atom is 0.350 e. The van der Waals surface area contributed by atoms with Gasteiger partial charge in [-0.25, -0.2) is 14.0 Å². The molecule has 22 heavy (non-hydrogen) atoms. The molecule has 0 aliphatic carbocycles. The lowest BCUT2D eigenvalue weighted by atomic mass is 10.1. The van der Waals surface area contributed by atoms with Gasteiger partial charge in [-0.15, -0.1) is 0 Å². The molecule has 1 atom stereocenters. The van der Waals surface area contributed by atoms with E-state index in [0.29, 0.717) is 6.42 Å². The van der Waals surface area contributed by atoms with Crippen LogP contribution >= 0.6 is 11.3 Å². The molecule has 0 amide bonds. The van der Waals surface area contributed by atoms with Crippen LogP contribution in [0.5, 0.6) is 0 Å². The van der Waals surface area contributed by atoms with E-state index in [-0.39, 0.29) is 12.2 Å². The van der Waals surface area contributed by atoms with Gasteiger partial charge in [-0.2, -0.15) is 16.4 Å². The van der Waals surface area contributed by atoms with Gasteiger partial charge in [0.25, 0.3) is 0 Å². The molecule has 114 valence electrons. The fourth-order valence-corrected chi connectivity index (χ4v) is 2.97. The zero-order valence-corrected chi connectivity index (χ0v) is 13.0. The number of rotatable bonds is 5. The zero-order chi connectivity index (χ0) is 15.5. The van der Waals surface area contributed by atoms with Crippen molar-refractivity contribution < 1.29 is 5.11 Å². The average molecular weight is 315 g/mol. The van der Waals surface area contributed by atoms with Crippen LogP contribution < -0.4 is 5.69 Å². The molecule has 0 aliphatic heterocycles. The van der Waals surface area contributed by atoms with Gasteiger partial charge in [-0.05, 0) is 41.4 Å². The zero-order valence-electron chi connectivity index (χ0n) is 12.2. The number of aliphatic hydroxyl groups is 1. The Balaban J connectivity index is 1.76. The molecule has 0 radical (unpaired) electrons. The summed E-state index contributed by atoms with van der Waals surface area (Å²) in [6.07, 6.45) is 1.38. The van der Waals surface area contributed by atoms with Gasteiger partial charge in [-0.1, -0.05) is 17.7 Å². The van der Waals surface area contributed by atoms with Crippen LogP contribution in [-0.4, -0.2) is 25.6 Å². The molecule has 3 aromatic rings. The number of benzene rings is 1. The smallest absolute Gasteiger partial charge is 0.350 e. The van der Waals surface area contributed by atoms with Gasteiger partial charge in [0.15, 0.2) is 0 Å². The van der Waals surface area contributed by atoms with Crippen LogP contribution in [0.25, 0.3) is 5.69 Å². The summed E-state index contributed by atoms with van der Waals surface area (Å²) in [6.45, 7) is 2.18. The molecule has 0 saturated carbocycles. The molecule has 0 bridgehead atoms. The number of aryl methyl sites for hydroxylation is 1. The largest absolute Gasteiger partial charge is 0.391 e. The third kappa shape index (κ3) is 3.18. The second-order valence-corrected chi connectivity index (χ2v) is 6.07. The Morgan fingerprint density at radius 2 is 2.05 bits per heavy atom. The molecule has 1 aromatic carbocycles. The minimum atomic E-state index is -0.631. The van der Waals surface area contributed by atoms with Crippen LogP contribution in [0.1, 0.15) is 11.1 Å². The Morgan fingerprint density at radius 3 is 2.73 bits per heavy atom. The van der Waals surface area contributed by atoms with E-state index in [9.17, 15) is 9.90 Å². The summed E-state index contributed by atoms with van der Waals surface area (Å²) in [7, 11) is 0. The van der Waals surface area contributed by atoms with Crippen molar-refractivity contribution in [3.63, 3.8) is 0 Å². The van der Waals surface area contributed by atoms with Gasteiger partial charge in [-0.3, -0.25) is 0 Å². The number of hydrogen-bond donors (Lipinski definition) is 1. The van der Waals surface area contributed by atoms with E-state index in [1.165, 1.54) is 15.6 Å². The molecule has 2 aromatic heterocycles. The predicted molar refractivity (Wildman–Crippen MR) is 86.6 cm³/mol. The van der Waals surface area contributed by atoms with Gasteiger partial charge in [0.2, 0.25) is 0 Å². The minimum absolute atomic E-state index is 0.188. The Bertz CT molecular complexity index is 788. The highest BCUT2D eigenvalue weighted by atomic mass is 32.1. The quantitative estimate of drug-likeness (QED) is 0.783. The first-order chi connectivity index (χ1) is 10.6. The lowest BCUT2D eigenvalue weighted by molar-refractivity contribution is 0.148. The van der Waals surface area contributed by atoms with Crippen LogP contribution in [0.4, 0.5) is 0 Å². The van der Waals surface area contributed by atoms with Crippen molar-refractivity contribution in [2.24, 2.45) is 0 Å². The molecular weight excluding hydrogens is 298 g/mol. The fraction of sp³-hybridized carbons (Fsp3) is 0.250. The monoisotopic (exact) mass is 315 g/mol. The van der Waals surface area contributed by atoms with Gasteiger partial charge in [0.05, 0.1) is 18.3 Å². The molecule has 1 unspecified atom stereocenters. The Hall–Kier alpha value is -2.18. The van der Waals surface area contributed by atoms with Crippen LogP contribution in [-0.2, 0) is 13.0 Å². The van der Waals surface area contributed by atoms with Crippen molar-refractivity contribution >= 4 is 11.3 Å². The van der Waals surface area contributed by atoms with Gasteiger partial charge in [0.1, 0.15) is 6.33 Å². The van der Waals surface area contributed by atoms with Crippen molar-refractivity contribution in [1.82, 2.24) is 14.3 Å². The second-order valence-electron chi connectivity index (χ2n) is 5.29. The van der Waals surface area contributed by atoms with E-state index in [1.807, 2.05) is 48.0 Å². The molecule has 0 aliphatic rings. The van der Waals surface area contributed by atoms with Crippen LogP contribution in [0, 0.1) is 6.92 Å². The Morgan fingerprint density at radius 1 is 1.27 bits per heavy atom. The first-order valence-corrected chi connectivity index (χ1v) is 7.98. The summed E-state index contributed by atoms with van der Waals surface area (Å²) >= 11 is 1.59. The standard InChI is InChI=1S/C16H17N3O2S/c1-12-2-4-14(5-3-12)18-11-17-19(16(18)21)9-15(20)8-13-6-7-22-10-13/h2-7,10-11,15,20H,8-9H2,1H3. The highest BCUT2D eigenvalue weighted by Gasteiger charge is 2.12. The first kappa shape index (κ1) is 14.7. The maximum absolute atomic E-state index is 12.3. The number of nitrogens with zero attached hydrogens (tertiary/aromatic N) is 3. The van der Waals surface area contributed by atoms with E-state index in [2.05, 4.69) is 5.10 Å². The van der Waals surface area contributed by atoms with Gasteiger partial charge < -0.3 is 5.11 Å². The number of aliphatic hydroxyl groups excluding tert-OH is 1. The van der Waals surface area contributed by atoms with E-state index in [0.717, 1.165) is 16.8 Å². The van der Waals surface area contributed by atoms with Crippen molar-refractivity contribution in [1.29, 1.82) is 0 Å². The molecule has 1 N–H and O–H groups in total. The summed E-state index contributed by atoms with van der Waals surface area (Å²) in [6, 6.07) is 9.63. The summed E-state index contributed by atoms with van der Waals surface area (Å²) in [5.74, 6) is 0. The van der Waals surface area contributed by atoms with Crippen molar-refractivity contribution in [2.75, 3.05) is 0 Å². The summed E-state index contributed by atoms with van der Waals surface area (Å²) in [4.78, 5) is 12.3. The van der Waals surface area contributed by atoms with Crippen LogP contribution in [0.15, 0.2) is 52.2 Å². The third-order valence-corrected chi connectivity index (χ3v) is 4.21. The molecule has 0 saturated heterocycles. The SMILES string of the molecule is Cc1ccc(-n2cnn(CC(O)Cc3ccsc3)c2=O)cc1. The van der Waals surface area contributed by atoms with Crippen molar-refractivity contribution in [3.05, 3.63) is 69.0 Å². The third-order valence-electron chi connectivity index (χ3n) is 3.48. The lowest BCUT2D eigenvalue weighted by Crippen LogP contribution is -2.29. The second kappa shape index (κ2) is 6.29. The van der Waals surface area contributed by atoms with Gasteiger partial charge >= 0.3 is 5.69 Å². The van der Waals surface area contributed by atoms with Crippen molar-refractivity contribution in [2.45, 2.75) is 26.0 Å². The molecular formula is C16H17N3O2S. The summed E-state index contributed by atoms with van der Waals surface area (Å²) in [5, 5.41) is 18.2. The normalized spacial score (nSPS) is 12.5. The highest BCUT2D eigenvalue weighted by molar-refractivity contribution is 7.07. The lowest BCUT2D eigenvalue weighted by Gasteiger charge is -2.08. The van der Waals surface area contributed by atoms with E-state index in [1.54, 1.807) is 11.3 Å². The first-order valence-electron chi connectivity index (χ1n) is 7.04. The van der Waals surface area contributed by atoms with Crippen LogP contribution in [0.3, 0.4) is 0 Å². The molecule has 6 heteroatoms. The van der Waals surface area contributed by atoms with E-state index in [4.69, 9.17) is 0 Å². The van der Waals surface area contributed by atoms with Crippen LogP contribution in [0.2, 0.25) is 0 Å². The summed E-state index contributed by atoms with van der Waals surface area (Å²) < 4.78 is 2.79. The Labute approximate surface area is 132 Å². The average Bonchev–Trinajstić information content (AvgIpc) is 3.11. The highest BCUT2D eigenvalue weighted by Crippen LogP contribution is 2.10. The number of aromatic nitrogens is 3. The molecule has 3 rings (SSSR count). The van der Waals surface area contributed by atoms with E-state index >= 15 is 0 Å². The maximum atomic E-state index is 12.3. The van der Waals surface area contributed by atoms with Gasteiger partial charge in [0, 0.05) is 6.42 Å². The topological polar surface area (TPSA) is 60.1 Å². The molecule has 2 heterocycles. The minimum Gasteiger partial charge on any atom is -0.391 e.